The molecule has 20 heavy (non-hydrogen) atoms. The van der Waals surface area contributed by atoms with Gasteiger partial charge in [-0.25, -0.2) is 8.42 Å². The molecule has 0 aromatic heterocycles. The van der Waals surface area contributed by atoms with Crippen LogP contribution in [0.3, 0.4) is 0 Å². The Kier molecular flexibility index (Phi) is 4.52. The number of likely N-dealkylation sites (N-methyl/N-ethyl adjacent to an activating group) is 1. The van der Waals surface area contributed by atoms with E-state index in [-0.39, 0.29) is 17.0 Å². The Hall–Kier alpha value is -0.910. The molecule has 0 amide bonds. The van der Waals surface area contributed by atoms with E-state index in [0.717, 1.165) is 6.54 Å². The summed E-state index contributed by atoms with van der Waals surface area (Å²) in [4.78, 5) is 2.23. The van der Waals surface area contributed by atoms with Crippen molar-refractivity contribution in [2.75, 3.05) is 25.1 Å². The second kappa shape index (κ2) is 5.84. The summed E-state index contributed by atoms with van der Waals surface area (Å²) in [5.41, 5.74) is 8.26. The summed E-state index contributed by atoms with van der Waals surface area (Å²) in [6, 6.07) is 8.44. The Bertz CT molecular complexity index is 538. The van der Waals surface area contributed by atoms with Gasteiger partial charge in [0.2, 0.25) is 0 Å². The Morgan fingerprint density at radius 2 is 1.75 bits per heavy atom. The van der Waals surface area contributed by atoms with Crippen LogP contribution < -0.4 is 5.73 Å². The van der Waals surface area contributed by atoms with Crippen molar-refractivity contribution in [3.63, 3.8) is 0 Å². The molecule has 0 bridgehead atoms. The lowest BCUT2D eigenvalue weighted by molar-refractivity contribution is 0.105. The van der Waals surface area contributed by atoms with Crippen LogP contribution >= 0.6 is 0 Å². The minimum atomic E-state index is -2.86. The third kappa shape index (κ3) is 3.40. The lowest BCUT2D eigenvalue weighted by atomic mass is 9.90. The van der Waals surface area contributed by atoms with Gasteiger partial charge in [0.05, 0.1) is 11.5 Å². The fourth-order valence-electron chi connectivity index (χ4n) is 2.79. The van der Waals surface area contributed by atoms with Gasteiger partial charge < -0.3 is 5.73 Å². The Balaban J connectivity index is 2.09. The molecule has 0 aliphatic carbocycles. The highest BCUT2D eigenvalue weighted by Gasteiger charge is 2.39. The lowest BCUT2D eigenvalue weighted by Crippen LogP contribution is -2.55. The van der Waals surface area contributed by atoms with Gasteiger partial charge in [-0.2, -0.15) is 0 Å². The molecule has 4 nitrogen and oxygen atoms in total. The molecular formula is C15H24N2O2S. The minimum Gasteiger partial charge on any atom is -0.329 e. The van der Waals surface area contributed by atoms with E-state index in [1.54, 1.807) is 0 Å². The monoisotopic (exact) mass is 296 g/mol. The van der Waals surface area contributed by atoms with E-state index in [0.29, 0.717) is 19.4 Å². The largest absolute Gasteiger partial charge is 0.329 e. The number of sulfone groups is 1. The van der Waals surface area contributed by atoms with Gasteiger partial charge in [-0.15, -0.1) is 0 Å². The van der Waals surface area contributed by atoms with Crippen LogP contribution in [-0.2, 0) is 16.4 Å². The van der Waals surface area contributed by atoms with E-state index < -0.39 is 9.84 Å². The molecule has 1 heterocycles. The maximum Gasteiger partial charge on any atom is 0.150 e. The number of nitrogens with zero attached hydrogens (tertiary/aromatic N) is 1. The van der Waals surface area contributed by atoms with Crippen molar-refractivity contribution in [2.24, 2.45) is 5.73 Å². The van der Waals surface area contributed by atoms with Crippen LogP contribution in [0.2, 0.25) is 0 Å². The molecule has 1 fully saturated rings. The third-order valence-corrected chi connectivity index (χ3v) is 6.14. The number of nitrogens with two attached hydrogens (primary N) is 1. The SMILES string of the molecule is Cc1ccc(CN(C)C2(CN)CCS(=O)(=O)CC2)cc1. The molecule has 1 saturated heterocycles. The quantitative estimate of drug-likeness (QED) is 0.910. The molecular weight excluding hydrogens is 272 g/mol. The summed E-state index contributed by atoms with van der Waals surface area (Å²) in [7, 11) is -0.812. The Labute approximate surface area is 121 Å². The predicted molar refractivity (Wildman–Crippen MR) is 82.3 cm³/mol. The van der Waals surface area contributed by atoms with Crippen LogP contribution in [0.5, 0.6) is 0 Å². The number of hydrogen-bond donors (Lipinski definition) is 1. The first-order chi connectivity index (χ1) is 9.37. The zero-order valence-corrected chi connectivity index (χ0v) is 13.1. The van der Waals surface area contributed by atoms with Crippen molar-refractivity contribution in [1.29, 1.82) is 0 Å². The zero-order chi connectivity index (χ0) is 14.8. The molecule has 2 rings (SSSR count). The first-order valence-corrected chi connectivity index (χ1v) is 8.86. The van der Waals surface area contributed by atoms with Crippen molar-refractivity contribution < 1.29 is 8.42 Å². The number of rotatable bonds is 4. The predicted octanol–water partition coefficient (Wildman–Crippen LogP) is 1.33. The number of hydrogen-bond acceptors (Lipinski definition) is 4. The highest BCUT2D eigenvalue weighted by Crippen LogP contribution is 2.29. The van der Waals surface area contributed by atoms with Crippen LogP contribution in [0.4, 0.5) is 0 Å². The van der Waals surface area contributed by atoms with E-state index in [1.807, 2.05) is 7.05 Å². The molecule has 2 N–H and O–H groups in total. The second-order valence-corrected chi connectivity index (χ2v) is 8.23. The van der Waals surface area contributed by atoms with Crippen molar-refractivity contribution in [1.82, 2.24) is 4.90 Å². The molecule has 0 saturated carbocycles. The van der Waals surface area contributed by atoms with Crippen molar-refractivity contribution in [3.05, 3.63) is 35.4 Å². The van der Waals surface area contributed by atoms with Crippen LogP contribution in [0.1, 0.15) is 24.0 Å². The molecule has 1 aromatic carbocycles. The van der Waals surface area contributed by atoms with E-state index >= 15 is 0 Å². The summed E-state index contributed by atoms with van der Waals surface area (Å²) in [5, 5.41) is 0. The van der Waals surface area contributed by atoms with Gasteiger partial charge in [-0.1, -0.05) is 29.8 Å². The Morgan fingerprint density at radius 3 is 2.25 bits per heavy atom. The molecule has 1 aliphatic rings. The molecule has 1 aliphatic heterocycles. The van der Waals surface area contributed by atoms with Crippen LogP contribution in [0.25, 0.3) is 0 Å². The smallest absolute Gasteiger partial charge is 0.150 e. The van der Waals surface area contributed by atoms with Gasteiger partial charge in [0, 0.05) is 18.6 Å². The number of benzene rings is 1. The van der Waals surface area contributed by atoms with Gasteiger partial charge in [0.15, 0.2) is 0 Å². The van der Waals surface area contributed by atoms with E-state index in [1.165, 1.54) is 11.1 Å². The average molecular weight is 296 g/mol. The van der Waals surface area contributed by atoms with E-state index in [2.05, 4.69) is 36.1 Å². The fourth-order valence-corrected chi connectivity index (χ4v) is 4.38. The van der Waals surface area contributed by atoms with Crippen molar-refractivity contribution in [3.8, 4) is 0 Å². The number of aryl methyl sites for hydroxylation is 1. The molecule has 1 aromatic rings. The van der Waals surface area contributed by atoms with Gasteiger partial charge in [-0.3, -0.25) is 4.90 Å². The highest BCUT2D eigenvalue weighted by atomic mass is 32.2. The molecule has 0 spiro atoms. The first-order valence-electron chi connectivity index (χ1n) is 7.04. The second-order valence-electron chi connectivity index (χ2n) is 5.92. The van der Waals surface area contributed by atoms with Gasteiger partial charge in [-0.05, 0) is 32.4 Å². The van der Waals surface area contributed by atoms with Gasteiger partial charge >= 0.3 is 0 Å². The van der Waals surface area contributed by atoms with Crippen molar-refractivity contribution in [2.45, 2.75) is 31.8 Å². The fraction of sp³-hybridized carbons (Fsp3) is 0.600. The first kappa shape index (κ1) is 15.5. The summed E-state index contributed by atoms with van der Waals surface area (Å²) >= 11 is 0. The van der Waals surface area contributed by atoms with E-state index in [4.69, 9.17) is 5.73 Å². The zero-order valence-electron chi connectivity index (χ0n) is 12.3. The molecule has 0 unspecified atom stereocenters. The van der Waals surface area contributed by atoms with E-state index in [9.17, 15) is 8.42 Å². The van der Waals surface area contributed by atoms with Gasteiger partial charge in [0.1, 0.15) is 9.84 Å². The normalized spacial score (nSPS) is 21.0. The standard InChI is InChI=1S/C15H24N2O2S/c1-13-3-5-14(6-4-13)11-17(2)15(12-16)7-9-20(18,19)10-8-15/h3-6H,7-12,16H2,1-2H3. The summed E-state index contributed by atoms with van der Waals surface area (Å²) in [6.45, 7) is 3.38. The molecule has 112 valence electrons. The maximum atomic E-state index is 11.6. The maximum absolute atomic E-state index is 11.6. The molecule has 0 atom stereocenters. The summed E-state index contributed by atoms with van der Waals surface area (Å²) < 4.78 is 23.2. The van der Waals surface area contributed by atoms with Gasteiger partial charge in [0.25, 0.3) is 0 Å². The van der Waals surface area contributed by atoms with Crippen LogP contribution in [0.15, 0.2) is 24.3 Å². The summed E-state index contributed by atoms with van der Waals surface area (Å²) in [6.07, 6.45) is 1.27. The Morgan fingerprint density at radius 1 is 1.20 bits per heavy atom. The lowest BCUT2D eigenvalue weighted by Gasteiger charge is -2.43. The third-order valence-electron chi connectivity index (χ3n) is 4.49. The molecule has 0 radical (unpaired) electrons. The average Bonchev–Trinajstić information content (AvgIpc) is 2.42. The molecule has 5 heteroatoms. The minimum absolute atomic E-state index is 0.184. The topological polar surface area (TPSA) is 63.4 Å². The van der Waals surface area contributed by atoms with Crippen LogP contribution in [0, 0.1) is 6.92 Å². The highest BCUT2D eigenvalue weighted by molar-refractivity contribution is 7.91. The van der Waals surface area contributed by atoms with Crippen LogP contribution in [-0.4, -0.2) is 44.0 Å². The summed E-state index contributed by atoms with van der Waals surface area (Å²) in [5.74, 6) is 0.505. The van der Waals surface area contributed by atoms with Crippen molar-refractivity contribution >= 4 is 9.84 Å².